The fraction of sp³-hybridized carbons (Fsp3) is 0.200. The molecular weight excluding hydrogens is 613 g/mol. The van der Waals surface area contributed by atoms with Crippen molar-refractivity contribution in [3.05, 3.63) is 138 Å². The average molecular weight is 655 g/mol. The number of imidazole rings is 1. The van der Waals surface area contributed by atoms with E-state index in [-0.39, 0.29) is 10.8 Å². The number of aryl methyl sites for hydroxylation is 1. The SMILES string of the molecule is Cc1c(-c2cc(C(C)(C)C)cc(C(C)(C)C)c2O)nc2c(-c3cc(-c4ccccn4)cc(-n4c5ccccc5c5ccccc54)c3)cccn12. The van der Waals surface area contributed by atoms with Crippen LogP contribution >= 0.6 is 0 Å². The van der Waals surface area contributed by atoms with Gasteiger partial charge in [-0.1, -0.05) is 90.1 Å². The number of para-hydroxylation sites is 2. The summed E-state index contributed by atoms with van der Waals surface area (Å²) in [7, 11) is 0. The summed E-state index contributed by atoms with van der Waals surface area (Å²) in [6, 6.07) is 38.5. The Kier molecular flexibility index (Phi) is 7.23. The van der Waals surface area contributed by atoms with Crippen molar-refractivity contribution in [1.29, 1.82) is 0 Å². The van der Waals surface area contributed by atoms with Gasteiger partial charge in [0.2, 0.25) is 0 Å². The lowest BCUT2D eigenvalue weighted by molar-refractivity contribution is 0.446. The third-order valence-electron chi connectivity index (χ3n) is 9.96. The van der Waals surface area contributed by atoms with Crippen molar-refractivity contribution < 1.29 is 5.11 Å². The lowest BCUT2D eigenvalue weighted by atomic mass is 9.78. The monoisotopic (exact) mass is 654 g/mol. The molecule has 4 heterocycles. The molecule has 0 spiro atoms. The molecule has 0 amide bonds. The number of aromatic hydroxyl groups is 1. The normalized spacial score (nSPS) is 12.4. The predicted octanol–water partition coefficient (Wildman–Crippen LogP) is 11.4. The van der Waals surface area contributed by atoms with Crippen LogP contribution in [0.2, 0.25) is 0 Å². The zero-order chi connectivity index (χ0) is 34.9. The molecule has 4 aromatic carbocycles. The summed E-state index contributed by atoms with van der Waals surface area (Å²) in [5.41, 5.74) is 12.4. The molecule has 8 aromatic rings. The molecular formula is C45H42N4O. The van der Waals surface area contributed by atoms with Gasteiger partial charge in [-0.2, -0.15) is 0 Å². The zero-order valence-electron chi connectivity index (χ0n) is 29.8. The number of phenolic OH excluding ortho intramolecular Hbond substituents is 1. The molecule has 0 aliphatic rings. The van der Waals surface area contributed by atoms with Crippen LogP contribution in [0.5, 0.6) is 5.75 Å². The van der Waals surface area contributed by atoms with Gasteiger partial charge in [0.1, 0.15) is 11.4 Å². The van der Waals surface area contributed by atoms with Crippen molar-refractivity contribution in [2.45, 2.75) is 59.3 Å². The number of pyridine rings is 2. The van der Waals surface area contributed by atoms with E-state index in [4.69, 9.17) is 9.97 Å². The van der Waals surface area contributed by atoms with Crippen LogP contribution in [0.3, 0.4) is 0 Å². The van der Waals surface area contributed by atoms with Crippen LogP contribution in [0.25, 0.3) is 66.8 Å². The van der Waals surface area contributed by atoms with Gasteiger partial charge in [-0.15, -0.1) is 0 Å². The Hall–Kier alpha value is -5.68. The Labute approximate surface area is 293 Å². The molecule has 0 aliphatic carbocycles. The van der Waals surface area contributed by atoms with E-state index in [0.29, 0.717) is 5.75 Å². The van der Waals surface area contributed by atoms with Crippen LogP contribution in [0.1, 0.15) is 58.4 Å². The molecule has 0 radical (unpaired) electrons. The minimum atomic E-state index is -0.243. The largest absolute Gasteiger partial charge is 0.507 e. The van der Waals surface area contributed by atoms with E-state index >= 15 is 0 Å². The number of hydrogen-bond acceptors (Lipinski definition) is 3. The first-order chi connectivity index (χ1) is 23.9. The van der Waals surface area contributed by atoms with E-state index in [0.717, 1.165) is 67.3 Å². The molecule has 5 nitrogen and oxygen atoms in total. The maximum absolute atomic E-state index is 11.8. The van der Waals surface area contributed by atoms with E-state index in [1.54, 1.807) is 0 Å². The lowest BCUT2D eigenvalue weighted by Crippen LogP contribution is -2.17. The van der Waals surface area contributed by atoms with Crippen molar-refractivity contribution in [3.63, 3.8) is 0 Å². The first-order valence-electron chi connectivity index (χ1n) is 17.3. The van der Waals surface area contributed by atoms with Crippen molar-refractivity contribution in [2.75, 3.05) is 0 Å². The number of benzene rings is 4. The average Bonchev–Trinajstić information content (AvgIpc) is 3.62. The Balaban J connectivity index is 1.40. The van der Waals surface area contributed by atoms with Crippen LogP contribution in [0.15, 0.2) is 122 Å². The van der Waals surface area contributed by atoms with Gasteiger partial charge < -0.3 is 14.1 Å². The minimum Gasteiger partial charge on any atom is -0.507 e. The van der Waals surface area contributed by atoms with Crippen LogP contribution < -0.4 is 0 Å². The summed E-state index contributed by atoms with van der Waals surface area (Å²) in [4.78, 5) is 10.1. The summed E-state index contributed by atoms with van der Waals surface area (Å²) in [6.45, 7) is 15.2. The van der Waals surface area contributed by atoms with E-state index < -0.39 is 0 Å². The van der Waals surface area contributed by atoms with Gasteiger partial charge in [-0.05, 0) is 89.5 Å². The number of hydrogen-bond donors (Lipinski definition) is 1. The standard InChI is InChI=1S/C45H42N4O/c1-28-41(36-26-31(44(2,3)4)27-37(42(36)50)45(5,6)7)47-43-33(17-14-22-48(28)43)29-23-30(38-18-12-13-21-46-38)25-32(24-29)49-39-19-10-8-15-34(39)35-16-9-11-20-40(35)49/h8-27,50H,1-7H3. The molecule has 0 bridgehead atoms. The highest BCUT2D eigenvalue weighted by atomic mass is 16.3. The van der Waals surface area contributed by atoms with Crippen LogP contribution in [-0.2, 0) is 10.8 Å². The molecule has 0 unspecified atom stereocenters. The Morgan fingerprint density at radius 1 is 0.640 bits per heavy atom. The minimum absolute atomic E-state index is 0.101. The van der Waals surface area contributed by atoms with Crippen molar-refractivity contribution >= 4 is 27.5 Å². The molecule has 50 heavy (non-hydrogen) atoms. The third-order valence-corrected chi connectivity index (χ3v) is 9.96. The number of nitrogens with zero attached hydrogens (tertiary/aromatic N) is 4. The molecule has 8 rings (SSSR count). The fourth-order valence-corrected chi connectivity index (χ4v) is 7.26. The van der Waals surface area contributed by atoms with Gasteiger partial charge in [0, 0.05) is 56.8 Å². The van der Waals surface area contributed by atoms with Gasteiger partial charge in [0.15, 0.2) is 0 Å². The maximum Gasteiger partial charge on any atom is 0.145 e. The smallest absolute Gasteiger partial charge is 0.145 e. The van der Waals surface area contributed by atoms with Crippen molar-refractivity contribution in [2.24, 2.45) is 0 Å². The second-order valence-corrected chi connectivity index (χ2v) is 15.4. The molecule has 248 valence electrons. The molecule has 4 aromatic heterocycles. The van der Waals surface area contributed by atoms with Crippen LogP contribution in [-0.4, -0.2) is 24.0 Å². The number of phenols is 1. The second-order valence-electron chi connectivity index (χ2n) is 15.4. The fourth-order valence-electron chi connectivity index (χ4n) is 7.26. The molecule has 0 aliphatic heterocycles. The van der Waals surface area contributed by atoms with Gasteiger partial charge in [-0.3, -0.25) is 4.98 Å². The molecule has 0 saturated carbocycles. The van der Waals surface area contributed by atoms with Crippen LogP contribution in [0.4, 0.5) is 0 Å². The Bertz CT molecular complexity index is 2520. The first-order valence-corrected chi connectivity index (χ1v) is 17.3. The Morgan fingerprint density at radius 3 is 1.94 bits per heavy atom. The van der Waals surface area contributed by atoms with E-state index in [1.165, 1.54) is 16.3 Å². The summed E-state index contributed by atoms with van der Waals surface area (Å²) < 4.78 is 4.51. The third kappa shape index (κ3) is 5.16. The van der Waals surface area contributed by atoms with Gasteiger partial charge in [0.25, 0.3) is 0 Å². The first kappa shape index (κ1) is 31.6. The summed E-state index contributed by atoms with van der Waals surface area (Å²) in [5.74, 6) is 0.296. The predicted molar refractivity (Wildman–Crippen MR) is 207 cm³/mol. The highest BCUT2D eigenvalue weighted by Gasteiger charge is 2.28. The van der Waals surface area contributed by atoms with E-state index in [1.807, 2.05) is 18.3 Å². The van der Waals surface area contributed by atoms with Crippen molar-refractivity contribution in [1.82, 2.24) is 18.9 Å². The highest BCUT2D eigenvalue weighted by molar-refractivity contribution is 6.09. The zero-order valence-corrected chi connectivity index (χ0v) is 29.8. The van der Waals surface area contributed by atoms with E-state index in [2.05, 4.69) is 161 Å². The van der Waals surface area contributed by atoms with Gasteiger partial charge in [-0.25, -0.2) is 4.98 Å². The maximum atomic E-state index is 11.8. The highest BCUT2D eigenvalue weighted by Crippen LogP contribution is 2.44. The number of aromatic nitrogens is 4. The molecule has 0 atom stereocenters. The topological polar surface area (TPSA) is 55.4 Å². The van der Waals surface area contributed by atoms with Crippen LogP contribution in [0, 0.1) is 6.92 Å². The van der Waals surface area contributed by atoms with Gasteiger partial charge in [0.05, 0.1) is 22.4 Å². The van der Waals surface area contributed by atoms with Gasteiger partial charge >= 0.3 is 0 Å². The Morgan fingerprint density at radius 2 is 1.30 bits per heavy atom. The van der Waals surface area contributed by atoms with Crippen molar-refractivity contribution in [3.8, 4) is 45.1 Å². The molecule has 5 heteroatoms. The molecule has 0 saturated heterocycles. The molecule has 1 N–H and O–H groups in total. The quantitative estimate of drug-likeness (QED) is 0.205. The summed E-state index contributed by atoms with van der Waals surface area (Å²) >= 11 is 0. The summed E-state index contributed by atoms with van der Waals surface area (Å²) in [6.07, 6.45) is 3.91. The summed E-state index contributed by atoms with van der Waals surface area (Å²) in [5, 5.41) is 14.3. The van der Waals surface area contributed by atoms with E-state index in [9.17, 15) is 5.11 Å². The lowest BCUT2D eigenvalue weighted by Gasteiger charge is -2.27. The second kappa shape index (κ2) is 11.4. The molecule has 0 fully saturated rings. The number of rotatable bonds is 4. The number of fused-ring (bicyclic) bond motifs is 4.